The predicted octanol–water partition coefficient (Wildman–Crippen LogP) is 0.827. The van der Waals surface area contributed by atoms with E-state index in [2.05, 4.69) is 10.6 Å². The van der Waals surface area contributed by atoms with Crippen molar-refractivity contribution in [2.45, 2.75) is 10.4 Å². The lowest BCUT2D eigenvalue weighted by Crippen LogP contribution is -2.43. The molecule has 0 aromatic heterocycles. The first-order valence-corrected chi connectivity index (χ1v) is 5.57. The molecule has 2 heterocycles. The van der Waals surface area contributed by atoms with Gasteiger partial charge in [-0.2, -0.15) is 0 Å². The highest BCUT2D eigenvalue weighted by Crippen LogP contribution is 2.43. The van der Waals surface area contributed by atoms with Gasteiger partial charge in [0, 0.05) is 16.2 Å². The van der Waals surface area contributed by atoms with Crippen LogP contribution in [0.25, 0.3) is 0 Å². The molecular weight excluding hydrogens is 212 g/mol. The fourth-order valence-electron chi connectivity index (χ4n) is 1.99. The van der Waals surface area contributed by atoms with E-state index in [1.54, 1.807) is 11.8 Å². The summed E-state index contributed by atoms with van der Waals surface area (Å²) >= 11 is 1.59. The summed E-state index contributed by atoms with van der Waals surface area (Å²) < 4.78 is 0. The number of imide groups is 1. The summed E-state index contributed by atoms with van der Waals surface area (Å²) in [5, 5.41) is 5.00. The van der Waals surface area contributed by atoms with Gasteiger partial charge in [-0.3, -0.25) is 10.1 Å². The van der Waals surface area contributed by atoms with Crippen molar-refractivity contribution in [1.82, 2.24) is 10.6 Å². The summed E-state index contributed by atoms with van der Waals surface area (Å²) in [6, 6.07) is 7.26. The largest absolute Gasteiger partial charge is 0.322 e. The van der Waals surface area contributed by atoms with E-state index in [0.29, 0.717) is 5.75 Å². The number of thioether (sulfide) groups is 1. The van der Waals surface area contributed by atoms with Crippen molar-refractivity contribution in [3.05, 3.63) is 29.8 Å². The Balaban J connectivity index is 2.17. The molecule has 0 saturated carbocycles. The maximum absolute atomic E-state index is 11.8. The minimum atomic E-state index is -0.835. The Labute approximate surface area is 90.4 Å². The molecule has 4 nitrogen and oxygen atoms in total. The quantitative estimate of drug-likeness (QED) is 0.637. The second-order valence-electron chi connectivity index (χ2n) is 3.60. The molecule has 1 spiro atoms. The smallest absolute Gasteiger partial charge is 0.319 e. The maximum Gasteiger partial charge on any atom is 0.322 e. The predicted molar refractivity (Wildman–Crippen MR) is 55.5 cm³/mol. The van der Waals surface area contributed by atoms with Gasteiger partial charge in [0.05, 0.1) is 0 Å². The number of fused-ring (bicyclic) bond motifs is 2. The van der Waals surface area contributed by atoms with Gasteiger partial charge >= 0.3 is 6.03 Å². The zero-order valence-electron chi connectivity index (χ0n) is 7.74. The Morgan fingerprint density at radius 3 is 2.80 bits per heavy atom. The van der Waals surface area contributed by atoms with Crippen molar-refractivity contribution in [1.29, 1.82) is 0 Å². The Kier molecular flexibility index (Phi) is 1.62. The zero-order chi connectivity index (χ0) is 10.5. The van der Waals surface area contributed by atoms with E-state index in [1.165, 1.54) is 0 Å². The second kappa shape index (κ2) is 2.76. The summed E-state index contributed by atoms with van der Waals surface area (Å²) in [4.78, 5) is 24.0. The molecule has 1 aromatic carbocycles. The third-order valence-electron chi connectivity index (χ3n) is 2.73. The monoisotopic (exact) mass is 220 g/mol. The van der Waals surface area contributed by atoms with Crippen molar-refractivity contribution in [2.75, 3.05) is 5.75 Å². The van der Waals surface area contributed by atoms with Gasteiger partial charge in [-0.1, -0.05) is 18.2 Å². The lowest BCUT2D eigenvalue weighted by atomic mass is 9.92. The van der Waals surface area contributed by atoms with Crippen molar-refractivity contribution < 1.29 is 9.59 Å². The van der Waals surface area contributed by atoms with Crippen LogP contribution in [-0.4, -0.2) is 17.7 Å². The molecule has 1 unspecified atom stereocenters. The van der Waals surface area contributed by atoms with Crippen LogP contribution in [0.4, 0.5) is 4.79 Å². The van der Waals surface area contributed by atoms with Gasteiger partial charge in [-0.15, -0.1) is 11.8 Å². The van der Waals surface area contributed by atoms with Gasteiger partial charge in [0.25, 0.3) is 5.91 Å². The highest BCUT2D eigenvalue weighted by molar-refractivity contribution is 7.99. The molecule has 5 heteroatoms. The third-order valence-corrected chi connectivity index (χ3v) is 3.98. The molecule has 0 radical (unpaired) electrons. The van der Waals surface area contributed by atoms with Crippen molar-refractivity contribution in [3.8, 4) is 0 Å². The minimum absolute atomic E-state index is 0.245. The molecule has 76 valence electrons. The number of nitrogens with one attached hydrogen (secondary N) is 2. The van der Waals surface area contributed by atoms with Crippen LogP contribution in [0, 0.1) is 0 Å². The van der Waals surface area contributed by atoms with E-state index in [4.69, 9.17) is 0 Å². The van der Waals surface area contributed by atoms with E-state index in [0.717, 1.165) is 10.5 Å². The molecule has 15 heavy (non-hydrogen) atoms. The molecule has 0 aliphatic carbocycles. The lowest BCUT2D eigenvalue weighted by molar-refractivity contribution is -0.123. The van der Waals surface area contributed by atoms with Gasteiger partial charge in [0.1, 0.15) is 0 Å². The van der Waals surface area contributed by atoms with Crippen LogP contribution in [0.2, 0.25) is 0 Å². The normalized spacial score (nSPS) is 27.7. The van der Waals surface area contributed by atoms with Crippen LogP contribution in [0.5, 0.6) is 0 Å². The fraction of sp³-hybridized carbons (Fsp3) is 0.200. The molecule has 1 saturated heterocycles. The third kappa shape index (κ3) is 1.04. The number of rotatable bonds is 0. The first-order chi connectivity index (χ1) is 7.22. The maximum atomic E-state index is 11.8. The molecule has 1 fully saturated rings. The number of amides is 3. The Hall–Kier alpha value is -1.49. The highest BCUT2D eigenvalue weighted by Gasteiger charge is 2.51. The lowest BCUT2D eigenvalue weighted by Gasteiger charge is -2.19. The SMILES string of the molecule is O=C1NC(=O)C2(CSc3ccccc32)N1. The number of hydrogen-bond donors (Lipinski definition) is 2. The van der Waals surface area contributed by atoms with Gasteiger partial charge in [-0.25, -0.2) is 4.79 Å². The molecule has 3 amide bonds. The van der Waals surface area contributed by atoms with E-state index in [-0.39, 0.29) is 5.91 Å². The van der Waals surface area contributed by atoms with Gasteiger partial charge in [-0.05, 0) is 6.07 Å². The van der Waals surface area contributed by atoms with Crippen LogP contribution in [0.1, 0.15) is 5.56 Å². The Morgan fingerprint density at radius 2 is 2.07 bits per heavy atom. The number of benzene rings is 1. The molecular formula is C10H8N2O2S. The summed E-state index contributed by atoms with van der Waals surface area (Å²) in [7, 11) is 0. The van der Waals surface area contributed by atoms with Gasteiger partial charge < -0.3 is 5.32 Å². The minimum Gasteiger partial charge on any atom is -0.319 e. The van der Waals surface area contributed by atoms with E-state index < -0.39 is 11.6 Å². The molecule has 2 aliphatic rings. The Bertz CT molecular complexity index is 474. The molecule has 1 atom stereocenters. The number of carbonyl (C=O) groups excluding carboxylic acids is 2. The van der Waals surface area contributed by atoms with Crippen LogP contribution >= 0.6 is 11.8 Å². The van der Waals surface area contributed by atoms with E-state index >= 15 is 0 Å². The van der Waals surface area contributed by atoms with Crippen molar-refractivity contribution in [2.24, 2.45) is 0 Å². The van der Waals surface area contributed by atoms with Crippen LogP contribution < -0.4 is 10.6 Å². The van der Waals surface area contributed by atoms with E-state index in [9.17, 15) is 9.59 Å². The van der Waals surface area contributed by atoms with E-state index in [1.807, 2.05) is 24.3 Å². The fourth-order valence-corrected chi connectivity index (χ4v) is 3.30. The summed E-state index contributed by atoms with van der Waals surface area (Å²) in [5.41, 5.74) is 0.0663. The molecule has 0 bridgehead atoms. The molecule has 3 rings (SSSR count). The summed E-state index contributed by atoms with van der Waals surface area (Å²) in [5.74, 6) is 0.328. The number of carbonyl (C=O) groups is 2. The first kappa shape index (κ1) is 8.79. The molecule has 2 aliphatic heterocycles. The average Bonchev–Trinajstić information content (AvgIpc) is 2.72. The summed E-state index contributed by atoms with van der Waals surface area (Å²) in [6.07, 6.45) is 0. The van der Waals surface area contributed by atoms with Crippen LogP contribution in [0.3, 0.4) is 0 Å². The van der Waals surface area contributed by atoms with Gasteiger partial charge in [0.15, 0.2) is 5.54 Å². The number of urea groups is 1. The van der Waals surface area contributed by atoms with Crippen molar-refractivity contribution in [3.63, 3.8) is 0 Å². The number of hydrogen-bond acceptors (Lipinski definition) is 3. The molecule has 1 aromatic rings. The zero-order valence-corrected chi connectivity index (χ0v) is 8.56. The average molecular weight is 220 g/mol. The highest BCUT2D eigenvalue weighted by atomic mass is 32.2. The Morgan fingerprint density at radius 1 is 1.27 bits per heavy atom. The van der Waals surface area contributed by atoms with Crippen LogP contribution in [0.15, 0.2) is 29.2 Å². The van der Waals surface area contributed by atoms with Crippen LogP contribution in [-0.2, 0) is 10.3 Å². The standard InChI is InChI=1S/C10H8N2O2S/c13-8-10(12-9(14)11-8)5-15-7-4-2-1-3-6(7)10/h1-4H,5H2,(H2,11,12,13,14). The van der Waals surface area contributed by atoms with Gasteiger partial charge in [0.2, 0.25) is 0 Å². The second-order valence-corrected chi connectivity index (χ2v) is 4.62. The topological polar surface area (TPSA) is 58.2 Å². The molecule has 2 N–H and O–H groups in total. The summed E-state index contributed by atoms with van der Waals surface area (Å²) in [6.45, 7) is 0. The first-order valence-electron chi connectivity index (χ1n) is 4.58. The van der Waals surface area contributed by atoms with Crippen molar-refractivity contribution >= 4 is 23.7 Å².